The summed E-state index contributed by atoms with van der Waals surface area (Å²) in [5.41, 5.74) is 1.44. The normalized spacial score (nSPS) is 28.4. The van der Waals surface area contributed by atoms with Gasteiger partial charge in [0.2, 0.25) is 0 Å². The number of fused-ring (bicyclic) bond motifs is 1. The van der Waals surface area contributed by atoms with Crippen molar-refractivity contribution in [2.75, 3.05) is 0 Å². The summed E-state index contributed by atoms with van der Waals surface area (Å²) in [5.74, 6) is 0.620. The molecule has 2 atom stereocenters. The maximum atomic E-state index is 12.3. The van der Waals surface area contributed by atoms with Crippen LogP contribution in [0.15, 0.2) is 36.1 Å². The van der Waals surface area contributed by atoms with Crippen molar-refractivity contribution in [2.45, 2.75) is 25.7 Å². The van der Waals surface area contributed by atoms with Crippen molar-refractivity contribution < 1.29 is 9.90 Å². The SMILES string of the molecule is O=C1C(c2ccccc2)=C(O)[C@@H]2CCCC[C@H]12. The smallest absolute Gasteiger partial charge is 0.170 e. The standard InChI is InChI=1S/C15H16O2/c16-14-11-8-4-5-9-12(11)15(17)13(14)10-6-2-1-3-7-10/h1-3,6-7,11-12,16H,4-5,8-9H2/t11-,12+/m1/s1. The first-order chi connectivity index (χ1) is 8.29. The zero-order valence-electron chi connectivity index (χ0n) is 9.73. The number of ketones is 1. The first kappa shape index (κ1) is 10.6. The van der Waals surface area contributed by atoms with Gasteiger partial charge < -0.3 is 5.11 Å². The number of aliphatic hydroxyl groups is 1. The van der Waals surface area contributed by atoms with Crippen LogP contribution in [-0.2, 0) is 4.79 Å². The van der Waals surface area contributed by atoms with Gasteiger partial charge >= 0.3 is 0 Å². The third-order valence-corrected chi connectivity index (χ3v) is 4.02. The molecule has 17 heavy (non-hydrogen) atoms. The van der Waals surface area contributed by atoms with Gasteiger partial charge in [0, 0.05) is 11.8 Å². The number of allylic oxidation sites excluding steroid dienone is 2. The van der Waals surface area contributed by atoms with Crippen LogP contribution in [0.5, 0.6) is 0 Å². The highest BCUT2D eigenvalue weighted by Crippen LogP contribution is 2.45. The highest BCUT2D eigenvalue weighted by Gasteiger charge is 2.43. The largest absolute Gasteiger partial charge is 0.511 e. The lowest BCUT2D eigenvalue weighted by atomic mass is 9.80. The number of carbonyl (C=O) groups excluding carboxylic acids is 1. The zero-order valence-corrected chi connectivity index (χ0v) is 9.73. The topological polar surface area (TPSA) is 37.3 Å². The number of benzene rings is 1. The molecule has 0 bridgehead atoms. The van der Waals surface area contributed by atoms with Gasteiger partial charge in [0.05, 0.1) is 5.57 Å². The summed E-state index contributed by atoms with van der Waals surface area (Å²) >= 11 is 0. The Morgan fingerprint density at radius 2 is 1.65 bits per heavy atom. The average Bonchev–Trinajstić information content (AvgIpc) is 2.64. The molecule has 88 valence electrons. The third kappa shape index (κ3) is 1.59. The van der Waals surface area contributed by atoms with Crippen LogP contribution >= 0.6 is 0 Å². The van der Waals surface area contributed by atoms with Crippen molar-refractivity contribution in [3.63, 3.8) is 0 Å². The van der Waals surface area contributed by atoms with E-state index in [9.17, 15) is 9.90 Å². The second-order valence-electron chi connectivity index (χ2n) is 4.99. The van der Waals surface area contributed by atoms with Crippen molar-refractivity contribution >= 4 is 11.4 Å². The minimum Gasteiger partial charge on any atom is -0.511 e. The molecule has 2 aliphatic carbocycles. The Kier molecular flexibility index (Phi) is 2.50. The first-order valence-corrected chi connectivity index (χ1v) is 6.32. The summed E-state index contributed by atoms with van der Waals surface area (Å²) in [6, 6.07) is 9.55. The van der Waals surface area contributed by atoms with Crippen LogP contribution in [-0.4, -0.2) is 10.9 Å². The molecule has 1 aromatic rings. The maximum absolute atomic E-state index is 12.3. The number of carbonyl (C=O) groups is 1. The highest BCUT2D eigenvalue weighted by molar-refractivity contribution is 6.24. The van der Waals surface area contributed by atoms with Crippen molar-refractivity contribution in [3.8, 4) is 0 Å². The predicted octanol–water partition coefficient (Wildman–Crippen LogP) is 3.34. The monoisotopic (exact) mass is 228 g/mol. The number of rotatable bonds is 1. The molecular weight excluding hydrogens is 212 g/mol. The molecule has 0 amide bonds. The fraction of sp³-hybridized carbons (Fsp3) is 0.400. The fourth-order valence-corrected chi connectivity index (χ4v) is 3.16. The van der Waals surface area contributed by atoms with Crippen molar-refractivity contribution in [1.82, 2.24) is 0 Å². The number of hydrogen-bond acceptors (Lipinski definition) is 2. The van der Waals surface area contributed by atoms with Crippen LogP contribution in [0.4, 0.5) is 0 Å². The predicted molar refractivity (Wildman–Crippen MR) is 66.4 cm³/mol. The van der Waals surface area contributed by atoms with Crippen LogP contribution < -0.4 is 0 Å². The molecule has 2 aliphatic rings. The second-order valence-corrected chi connectivity index (χ2v) is 4.99. The van der Waals surface area contributed by atoms with Gasteiger partial charge in [-0.05, 0) is 18.4 Å². The Morgan fingerprint density at radius 3 is 2.29 bits per heavy atom. The number of hydrogen-bond donors (Lipinski definition) is 1. The molecule has 0 spiro atoms. The molecule has 0 radical (unpaired) electrons. The Hall–Kier alpha value is -1.57. The first-order valence-electron chi connectivity index (χ1n) is 6.32. The minimum absolute atomic E-state index is 0.0407. The summed E-state index contributed by atoms with van der Waals surface area (Å²) in [4.78, 5) is 12.3. The van der Waals surface area contributed by atoms with Gasteiger partial charge in [-0.25, -0.2) is 0 Å². The lowest BCUT2D eigenvalue weighted by molar-refractivity contribution is -0.118. The molecule has 3 rings (SSSR count). The van der Waals surface area contributed by atoms with E-state index >= 15 is 0 Å². The Balaban J connectivity index is 2.04. The lowest BCUT2D eigenvalue weighted by Crippen LogP contribution is -2.21. The van der Waals surface area contributed by atoms with Crippen LogP contribution in [0.25, 0.3) is 5.57 Å². The molecule has 2 heteroatoms. The molecular formula is C15H16O2. The third-order valence-electron chi connectivity index (χ3n) is 4.02. The van der Waals surface area contributed by atoms with Crippen LogP contribution in [0, 0.1) is 11.8 Å². The summed E-state index contributed by atoms with van der Waals surface area (Å²) in [6.07, 6.45) is 4.13. The van der Waals surface area contributed by atoms with Crippen LogP contribution in [0.3, 0.4) is 0 Å². The highest BCUT2D eigenvalue weighted by atomic mass is 16.3. The lowest BCUT2D eigenvalue weighted by Gasteiger charge is -2.23. The Labute approximate surface area is 101 Å². The van der Waals surface area contributed by atoms with Gasteiger partial charge in [0.1, 0.15) is 5.76 Å². The summed E-state index contributed by atoms with van der Waals surface area (Å²) in [7, 11) is 0. The molecule has 1 N–H and O–H groups in total. The van der Waals surface area contributed by atoms with E-state index in [2.05, 4.69) is 0 Å². The van der Waals surface area contributed by atoms with E-state index in [-0.39, 0.29) is 17.6 Å². The van der Waals surface area contributed by atoms with Crippen LogP contribution in [0.1, 0.15) is 31.2 Å². The van der Waals surface area contributed by atoms with E-state index in [4.69, 9.17) is 0 Å². The molecule has 0 aliphatic heterocycles. The molecule has 0 heterocycles. The average molecular weight is 228 g/mol. The van der Waals surface area contributed by atoms with Gasteiger partial charge in [-0.1, -0.05) is 43.2 Å². The molecule has 0 aromatic heterocycles. The van der Waals surface area contributed by atoms with Crippen molar-refractivity contribution in [3.05, 3.63) is 41.7 Å². The fourth-order valence-electron chi connectivity index (χ4n) is 3.16. The van der Waals surface area contributed by atoms with Gasteiger partial charge in [-0.2, -0.15) is 0 Å². The quantitative estimate of drug-likeness (QED) is 0.800. The van der Waals surface area contributed by atoms with E-state index < -0.39 is 0 Å². The van der Waals surface area contributed by atoms with Gasteiger partial charge in [0.15, 0.2) is 5.78 Å². The van der Waals surface area contributed by atoms with Gasteiger partial charge in [-0.15, -0.1) is 0 Å². The minimum atomic E-state index is 0.0407. The maximum Gasteiger partial charge on any atom is 0.170 e. The molecule has 0 saturated heterocycles. The second kappa shape index (κ2) is 4.02. The summed E-state index contributed by atoms with van der Waals surface area (Å²) in [5, 5.41) is 10.3. The van der Waals surface area contributed by atoms with E-state index in [1.807, 2.05) is 30.3 Å². The number of Topliss-reactive ketones (excluding diaryl/α,β-unsaturated/α-hetero) is 1. The summed E-state index contributed by atoms with van der Waals surface area (Å²) < 4.78 is 0. The molecule has 1 fully saturated rings. The van der Waals surface area contributed by atoms with E-state index in [1.165, 1.54) is 0 Å². The van der Waals surface area contributed by atoms with Crippen molar-refractivity contribution in [1.29, 1.82) is 0 Å². The van der Waals surface area contributed by atoms with Gasteiger partial charge in [0.25, 0.3) is 0 Å². The number of aliphatic hydroxyl groups excluding tert-OH is 1. The summed E-state index contributed by atoms with van der Waals surface area (Å²) in [6.45, 7) is 0. The van der Waals surface area contributed by atoms with E-state index in [1.54, 1.807) is 0 Å². The Morgan fingerprint density at radius 1 is 1.00 bits per heavy atom. The molecule has 0 unspecified atom stereocenters. The Bertz CT molecular complexity index is 473. The molecule has 1 aromatic carbocycles. The zero-order chi connectivity index (χ0) is 11.8. The van der Waals surface area contributed by atoms with Crippen LogP contribution in [0.2, 0.25) is 0 Å². The van der Waals surface area contributed by atoms with Crippen molar-refractivity contribution in [2.24, 2.45) is 11.8 Å². The van der Waals surface area contributed by atoms with E-state index in [0.29, 0.717) is 11.3 Å². The van der Waals surface area contributed by atoms with Gasteiger partial charge in [-0.3, -0.25) is 4.79 Å². The molecule has 2 nitrogen and oxygen atoms in total. The molecule has 1 saturated carbocycles. The van der Waals surface area contributed by atoms with E-state index in [0.717, 1.165) is 31.2 Å².